The topological polar surface area (TPSA) is 84.7 Å². The molecule has 3 aromatic rings. The smallest absolute Gasteiger partial charge is 0.254 e. The number of likely N-dealkylation sites (tertiary alicyclic amines) is 1. The molecule has 0 saturated carbocycles. The van der Waals surface area contributed by atoms with Gasteiger partial charge >= 0.3 is 0 Å². The van der Waals surface area contributed by atoms with Crippen LogP contribution in [0.2, 0.25) is 0 Å². The van der Waals surface area contributed by atoms with E-state index in [0.717, 1.165) is 0 Å². The molecule has 8 heteroatoms. The highest BCUT2D eigenvalue weighted by atomic mass is 32.2. The van der Waals surface area contributed by atoms with Crippen LogP contribution in [0.3, 0.4) is 0 Å². The number of halogens is 1. The number of furan rings is 1. The van der Waals surface area contributed by atoms with Crippen molar-refractivity contribution in [2.24, 2.45) is 0 Å². The molecule has 4 rings (SSSR count). The average Bonchev–Trinajstić information content (AvgIpc) is 3.18. The van der Waals surface area contributed by atoms with E-state index in [0.29, 0.717) is 5.76 Å². The molecule has 0 atom stereocenters. The van der Waals surface area contributed by atoms with Crippen molar-refractivity contribution in [3.05, 3.63) is 95.2 Å². The number of amides is 1. The quantitative estimate of drug-likeness (QED) is 0.565. The van der Waals surface area contributed by atoms with Gasteiger partial charge in [0.15, 0.2) is 15.6 Å². The molecule has 0 unspecified atom stereocenters. The van der Waals surface area contributed by atoms with E-state index in [1.807, 2.05) is 0 Å². The van der Waals surface area contributed by atoms with Crippen molar-refractivity contribution in [1.29, 1.82) is 0 Å². The number of carbonyl (C=O) groups excluding carboxylic acids is 2. The molecular weight excluding hydrogens is 409 g/mol. The van der Waals surface area contributed by atoms with Gasteiger partial charge in [0.1, 0.15) is 17.3 Å². The minimum Gasteiger partial charge on any atom is -0.468 e. The first-order valence-corrected chi connectivity index (χ1v) is 11.0. The second-order valence-corrected chi connectivity index (χ2v) is 9.38. The Kier molecular flexibility index (Phi) is 5.26. The van der Waals surface area contributed by atoms with Crippen LogP contribution in [0.25, 0.3) is 0 Å². The standard InChI is InChI=1S/C22H18FNO5S/c23-16-9-7-15(8-10-16)21(25)19-5-1-2-6-20(19)22(26)24-12-18(13-24)30(27,28)14-17-4-3-11-29-17/h1-11,18H,12-14H2. The zero-order chi connectivity index (χ0) is 21.3. The molecule has 2 aromatic carbocycles. The molecule has 2 heterocycles. The summed E-state index contributed by atoms with van der Waals surface area (Å²) in [6.45, 7) is 0.113. The molecule has 0 N–H and O–H groups in total. The van der Waals surface area contributed by atoms with E-state index in [1.165, 1.54) is 47.6 Å². The Hall–Kier alpha value is -3.26. The molecule has 0 radical (unpaired) electrons. The molecule has 30 heavy (non-hydrogen) atoms. The SMILES string of the molecule is O=C(c1ccc(F)cc1)c1ccccc1C(=O)N1CC(S(=O)(=O)Cc2ccco2)C1. The highest BCUT2D eigenvalue weighted by Gasteiger charge is 2.40. The third kappa shape index (κ3) is 3.91. The van der Waals surface area contributed by atoms with E-state index in [9.17, 15) is 22.4 Å². The molecule has 0 aliphatic carbocycles. The van der Waals surface area contributed by atoms with Crippen LogP contribution < -0.4 is 0 Å². The van der Waals surface area contributed by atoms with Gasteiger partial charge in [-0.05, 0) is 42.5 Å². The predicted octanol–water partition coefficient (Wildman–Crippen LogP) is 3.09. The molecule has 1 amide bonds. The number of sulfone groups is 1. The normalized spacial score (nSPS) is 14.4. The summed E-state index contributed by atoms with van der Waals surface area (Å²) >= 11 is 0. The maximum Gasteiger partial charge on any atom is 0.254 e. The van der Waals surface area contributed by atoms with Gasteiger partial charge in [-0.3, -0.25) is 9.59 Å². The van der Waals surface area contributed by atoms with Gasteiger partial charge in [0, 0.05) is 24.2 Å². The monoisotopic (exact) mass is 427 g/mol. The Labute approximate surface area is 172 Å². The molecule has 0 spiro atoms. The minimum absolute atomic E-state index is 0.0565. The summed E-state index contributed by atoms with van der Waals surface area (Å²) in [6.07, 6.45) is 1.41. The molecule has 154 valence electrons. The maximum absolute atomic E-state index is 13.1. The van der Waals surface area contributed by atoms with Gasteiger partial charge in [0.05, 0.1) is 17.1 Å². The first kappa shape index (κ1) is 20.0. The molecule has 0 bridgehead atoms. The third-order valence-corrected chi connectivity index (χ3v) is 7.08. The van der Waals surface area contributed by atoms with Gasteiger partial charge in [0.2, 0.25) is 0 Å². The first-order chi connectivity index (χ1) is 14.3. The fourth-order valence-electron chi connectivity index (χ4n) is 3.34. The van der Waals surface area contributed by atoms with Crippen LogP contribution in [0, 0.1) is 5.82 Å². The summed E-state index contributed by atoms with van der Waals surface area (Å²) < 4.78 is 43.2. The number of hydrogen-bond acceptors (Lipinski definition) is 5. The largest absolute Gasteiger partial charge is 0.468 e. The Morgan fingerprint density at radius 1 is 0.967 bits per heavy atom. The second-order valence-electron chi connectivity index (χ2n) is 7.10. The summed E-state index contributed by atoms with van der Waals surface area (Å²) in [7, 11) is -3.46. The van der Waals surface area contributed by atoms with Crippen molar-refractivity contribution in [3.8, 4) is 0 Å². The van der Waals surface area contributed by atoms with Crippen molar-refractivity contribution >= 4 is 21.5 Å². The maximum atomic E-state index is 13.1. The first-order valence-electron chi connectivity index (χ1n) is 9.27. The lowest BCUT2D eigenvalue weighted by atomic mass is 9.97. The van der Waals surface area contributed by atoms with Crippen LogP contribution in [0.4, 0.5) is 4.39 Å². The Morgan fingerprint density at radius 2 is 1.63 bits per heavy atom. The van der Waals surface area contributed by atoms with Gasteiger partial charge in [-0.2, -0.15) is 0 Å². The lowest BCUT2D eigenvalue weighted by Gasteiger charge is -2.38. The minimum atomic E-state index is -3.46. The van der Waals surface area contributed by atoms with E-state index in [1.54, 1.807) is 24.3 Å². The van der Waals surface area contributed by atoms with Crippen LogP contribution in [0.1, 0.15) is 32.0 Å². The lowest BCUT2D eigenvalue weighted by Crippen LogP contribution is -2.57. The molecule has 6 nitrogen and oxygen atoms in total. The fourth-order valence-corrected chi connectivity index (χ4v) is 4.95. The van der Waals surface area contributed by atoms with Gasteiger partial charge in [-0.15, -0.1) is 0 Å². The fraction of sp³-hybridized carbons (Fsp3) is 0.182. The number of hydrogen-bond donors (Lipinski definition) is 0. The van der Waals surface area contributed by atoms with Gasteiger partial charge in [-0.25, -0.2) is 12.8 Å². The summed E-state index contributed by atoms with van der Waals surface area (Å²) in [5.41, 5.74) is 0.642. The van der Waals surface area contributed by atoms with Gasteiger partial charge in [-0.1, -0.05) is 18.2 Å². The summed E-state index contributed by atoms with van der Waals surface area (Å²) in [5, 5.41) is -0.675. The Morgan fingerprint density at radius 3 is 2.27 bits per heavy atom. The van der Waals surface area contributed by atoms with E-state index in [2.05, 4.69) is 0 Å². The molecule has 1 aliphatic heterocycles. The van der Waals surface area contributed by atoms with Crippen LogP contribution in [0.5, 0.6) is 0 Å². The van der Waals surface area contributed by atoms with Gasteiger partial charge in [0.25, 0.3) is 5.91 Å². The van der Waals surface area contributed by atoms with Crippen LogP contribution in [-0.2, 0) is 15.6 Å². The van der Waals surface area contributed by atoms with Crippen LogP contribution in [0.15, 0.2) is 71.3 Å². The molecule has 1 aromatic heterocycles. The molecule has 1 saturated heterocycles. The highest BCUT2D eigenvalue weighted by Crippen LogP contribution is 2.24. The van der Waals surface area contributed by atoms with E-state index in [4.69, 9.17) is 4.42 Å². The highest BCUT2D eigenvalue weighted by molar-refractivity contribution is 7.91. The summed E-state index contributed by atoms with van der Waals surface area (Å²) in [4.78, 5) is 27.1. The van der Waals surface area contributed by atoms with Crippen molar-refractivity contribution in [3.63, 3.8) is 0 Å². The van der Waals surface area contributed by atoms with Crippen molar-refractivity contribution in [2.75, 3.05) is 13.1 Å². The van der Waals surface area contributed by atoms with Gasteiger partial charge < -0.3 is 9.32 Å². The Balaban J connectivity index is 1.49. The average molecular weight is 427 g/mol. The second kappa shape index (κ2) is 7.87. The zero-order valence-electron chi connectivity index (χ0n) is 15.8. The zero-order valence-corrected chi connectivity index (χ0v) is 16.6. The number of nitrogens with zero attached hydrogens (tertiary/aromatic N) is 1. The van der Waals surface area contributed by atoms with Crippen molar-refractivity contribution in [2.45, 2.75) is 11.0 Å². The van der Waals surface area contributed by atoms with E-state index >= 15 is 0 Å². The Bertz CT molecular complexity index is 1180. The molecular formula is C22H18FNO5S. The number of carbonyl (C=O) groups is 2. The lowest BCUT2D eigenvalue weighted by molar-refractivity contribution is 0.0655. The number of benzene rings is 2. The molecule has 1 aliphatic rings. The van der Waals surface area contributed by atoms with Crippen molar-refractivity contribution < 1.29 is 26.8 Å². The number of rotatable bonds is 6. The summed E-state index contributed by atoms with van der Waals surface area (Å²) in [6, 6.07) is 14.6. The summed E-state index contributed by atoms with van der Waals surface area (Å²) in [5.74, 6) is -1.13. The third-order valence-electron chi connectivity index (χ3n) is 5.08. The molecule has 1 fully saturated rings. The van der Waals surface area contributed by atoms with Crippen LogP contribution >= 0.6 is 0 Å². The van der Waals surface area contributed by atoms with Crippen molar-refractivity contribution in [1.82, 2.24) is 4.90 Å². The number of ketones is 1. The predicted molar refractivity (Wildman–Crippen MR) is 107 cm³/mol. The van der Waals surface area contributed by atoms with E-state index in [-0.39, 0.29) is 35.5 Å². The van der Waals surface area contributed by atoms with Crippen LogP contribution in [-0.4, -0.2) is 43.3 Å². The van der Waals surface area contributed by atoms with E-state index < -0.39 is 32.6 Å².